The van der Waals surface area contributed by atoms with E-state index in [1.165, 1.54) is 11.8 Å². The van der Waals surface area contributed by atoms with Crippen LogP contribution in [0.15, 0.2) is 30.3 Å². The van der Waals surface area contributed by atoms with E-state index in [0.717, 1.165) is 5.69 Å². The molecule has 0 bridgehead atoms. The molecule has 5 heteroatoms. The highest BCUT2D eigenvalue weighted by Crippen LogP contribution is 2.25. The van der Waals surface area contributed by atoms with Crippen LogP contribution in [-0.4, -0.2) is 27.5 Å². The van der Waals surface area contributed by atoms with Crippen LogP contribution in [0.25, 0.3) is 0 Å². The summed E-state index contributed by atoms with van der Waals surface area (Å²) in [6.45, 7) is 5.41. The largest absolute Gasteiger partial charge is 0.480 e. The first-order valence-electron chi connectivity index (χ1n) is 6.16. The van der Waals surface area contributed by atoms with Gasteiger partial charge in [0.1, 0.15) is 5.25 Å². The SMILES string of the molecule is CC(SC(C(=O)O)C(C)C)C(=O)Nc1ccccc1. The maximum Gasteiger partial charge on any atom is 0.316 e. The van der Waals surface area contributed by atoms with Crippen LogP contribution >= 0.6 is 11.8 Å². The molecule has 4 nitrogen and oxygen atoms in total. The summed E-state index contributed by atoms with van der Waals surface area (Å²) in [5.41, 5.74) is 0.719. The summed E-state index contributed by atoms with van der Waals surface area (Å²) in [4.78, 5) is 23.1. The molecule has 2 unspecified atom stereocenters. The van der Waals surface area contributed by atoms with Crippen molar-refractivity contribution in [3.8, 4) is 0 Å². The molecule has 104 valence electrons. The van der Waals surface area contributed by atoms with Gasteiger partial charge in [0.2, 0.25) is 5.91 Å². The van der Waals surface area contributed by atoms with E-state index in [1.807, 2.05) is 32.0 Å². The fourth-order valence-electron chi connectivity index (χ4n) is 1.55. The number of carbonyl (C=O) groups is 2. The van der Waals surface area contributed by atoms with Gasteiger partial charge in [0, 0.05) is 5.69 Å². The number of hydrogen-bond acceptors (Lipinski definition) is 3. The second-order valence-electron chi connectivity index (χ2n) is 4.64. The summed E-state index contributed by atoms with van der Waals surface area (Å²) >= 11 is 1.18. The number of amides is 1. The topological polar surface area (TPSA) is 66.4 Å². The van der Waals surface area contributed by atoms with Crippen LogP contribution in [0.3, 0.4) is 0 Å². The zero-order valence-corrected chi connectivity index (χ0v) is 12.1. The quantitative estimate of drug-likeness (QED) is 0.841. The molecule has 0 aliphatic heterocycles. The number of carbonyl (C=O) groups excluding carboxylic acids is 1. The van der Waals surface area contributed by atoms with Gasteiger partial charge in [0.05, 0.1) is 5.25 Å². The maximum absolute atomic E-state index is 12.0. The number of para-hydroxylation sites is 1. The number of thioether (sulfide) groups is 1. The number of carboxylic acid groups (broad SMARTS) is 1. The third-order valence-electron chi connectivity index (χ3n) is 2.61. The Bertz CT molecular complexity index is 434. The number of carboxylic acids is 1. The minimum atomic E-state index is -0.876. The third kappa shape index (κ3) is 4.95. The molecular formula is C14H19NO3S. The van der Waals surface area contributed by atoms with Crippen molar-refractivity contribution in [3.05, 3.63) is 30.3 Å². The average molecular weight is 281 g/mol. The van der Waals surface area contributed by atoms with Gasteiger partial charge in [-0.15, -0.1) is 11.8 Å². The predicted molar refractivity (Wildman–Crippen MR) is 78.4 cm³/mol. The van der Waals surface area contributed by atoms with Gasteiger partial charge in [-0.05, 0) is 25.0 Å². The van der Waals surface area contributed by atoms with Gasteiger partial charge in [-0.25, -0.2) is 0 Å². The second-order valence-corrected chi connectivity index (χ2v) is 6.12. The summed E-state index contributed by atoms with van der Waals surface area (Å²) in [5.74, 6) is -1.07. The first-order chi connectivity index (χ1) is 8.91. The molecular weight excluding hydrogens is 262 g/mol. The highest BCUT2D eigenvalue weighted by atomic mass is 32.2. The van der Waals surface area contributed by atoms with Gasteiger partial charge in [0.25, 0.3) is 0 Å². The molecule has 0 aliphatic carbocycles. The zero-order chi connectivity index (χ0) is 14.4. The number of anilines is 1. The zero-order valence-electron chi connectivity index (χ0n) is 11.3. The van der Waals surface area contributed by atoms with Gasteiger partial charge >= 0.3 is 5.97 Å². The molecule has 0 saturated carbocycles. The van der Waals surface area contributed by atoms with Crippen molar-refractivity contribution in [1.29, 1.82) is 0 Å². The van der Waals surface area contributed by atoms with Crippen LogP contribution < -0.4 is 5.32 Å². The number of rotatable bonds is 6. The van der Waals surface area contributed by atoms with E-state index in [9.17, 15) is 9.59 Å². The predicted octanol–water partition coefficient (Wildman–Crippen LogP) is 2.86. The molecule has 1 aromatic rings. The molecule has 1 amide bonds. The Morgan fingerprint density at radius 2 is 1.74 bits per heavy atom. The van der Waals surface area contributed by atoms with E-state index in [1.54, 1.807) is 19.1 Å². The van der Waals surface area contributed by atoms with E-state index in [0.29, 0.717) is 0 Å². The Morgan fingerprint density at radius 3 is 2.21 bits per heavy atom. The molecule has 0 aliphatic rings. The Labute approximate surface area is 117 Å². The molecule has 0 saturated heterocycles. The Kier molecular flexibility index (Phi) is 5.89. The highest BCUT2D eigenvalue weighted by Gasteiger charge is 2.27. The Balaban J connectivity index is 2.60. The lowest BCUT2D eigenvalue weighted by molar-refractivity contribution is -0.137. The van der Waals surface area contributed by atoms with Crippen molar-refractivity contribution in [2.75, 3.05) is 5.32 Å². The van der Waals surface area contributed by atoms with Gasteiger partial charge in [-0.2, -0.15) is 0 Å². The first kappa shape index (κ1) is 15.6. The fourth-order valence-corrected chi connectivity index (χ4v) is 2.60. The van der Waals surface area contributed by atoms with Crippen LogP contribution in [0.4, 0.5) is 5.69 Å². The lowest BCUT2D eigenvalue weighted by Crippen LogP contribution is -2.30. The van der Waals surface area contributed by atoms with Crippen molar-refractivity contribution in [1.82, 2.24) is 0 Å². The van der Waals surface area contributed by atoms with Crippen molar-refractivity contribution in [3.63, 3.8) is 0 Å². The minimum Gasteiger partial charge on any atom is -0.480 e. The Hall–Kier alpha value is -1.49. The van der Waals surface area contributed by atoms with E-state index in [4.69, 9.17) is 5.11 Å². The van der Waals surface area contributed by atoms with Crippen LogP contribution in [0.1, 0.15) is 20.8 Å². The number of hydrogen-bond donors (Lipinski definition) is 2. The standard InChI is InChI=1S/C14H19NO3S/c1-9(2)12(14(17)18)19-10(3)13(16)15-11-7-5-4-6-8-11/h4-10,12H,1-3H3,(H,15,16)(H,17,18). The summed E-state index contributed by atoms with van der Waals surface area (Å²) in [7, 11) is 0. The minimum absolute atomic E-state index is 0.0190. The number of benzene rings is 1. The van der Waals surface area contributed by atoms with Crippen molar-refractivity contribution in [2.45, 2.75) is 31.3 Å². The summed E-state index contributed by atoms with van der Waals surface area (Å²) in [5, 5.41) is 10.9. The maximum atomic E-state index is 12.0. The van der Waals surface area contributed by atoms with Crippen molar-refractivity contribution in [2.24, 2.45) is 5.92 Å². The van der Waals surface area contributed by atoms with Gasteiger partial charge < -0.3 is 10.4 Å². The third-order valence-corrected chi connectivity index (χ3v) is 4.27. The van der Waals surface area contributed by atoms with Gasteiger partial charge in [-0.3, -0.25) is 9.59 Å². The van der Waals surface area contributed by atoms with E-state index in [-0.39, 0.29) is 11.8 Å². The molecule has 0 heterocycles. The first-order valence-corrected chi connectivity index (χ1v) is 7.10. The molecule has 1 rings (SSSR count). The van der Waals surface area contributed by atoms with E-state index in [2.05, 4.69) is 5.32 Å². The summed E-state index contributed by atoms with van der Waals surface area (Å²) < 4.78 is 0. The van der Waals surface area contributed by atoms with Crippen LogP contribution in [0.5, 0.6) is 0 Å². The Morgan fingerprint density at radius 1 is 1.16 bits per heavy atom. The molecule has 0 fully saturated rings. The van der Waals surface area contributed by atoms with Crippen LogP contribution in [0, 0.1) is 5.92 Å². The van der Waals surface area contributed by atoms with E-state index >= 15 is 0 Å². The number of nitrogens with one attached hydrogen (secondary N) is 1. The smallest absolute Gasteiger partial charge is 0.316 e. The molecule has 0 spiro atoms. The number of aliphatic carboxylic acids is 1. The van der Waals surface area contributed by atoms with Crippen LogP contribution in [-0.2, 0) is 9.59 Å². The molecule has 1 aromatic carbocycles. The van der Waals surface area contributed by atoms with Crippen molar-refractivity contribution < 1.29 is 14.7 Å². The van der Waals surface area contributed by atoms with E-state index < -0.39 is 16.5 Å². The average Bonchev–Trinajstić information content (AvgIpc) is 2.35. The molecule has 2 atom stereocenters. The summed E-state index contributed by atoms with van der Waals surface area (Å²) in [6.07, 6.45) is 0. The lowest BCUT2D eigenvalue weighted by atomic mass is 10.1. The van der Waals surface area contributed by atoms with Crippen LogP contribution in [0.2, 0.25) is 0 Å². The van der Waals surface area contributed by atoms with Gasteiger partial charge in [-0.1, -0.05) is 32.0 Å². The molecule has 19 heavy (non-hydrogen) atoms. The fraction of sp³-hybridized carbons (Fsp3) is 0.429. The highest BCUT2D eigenvalue weighted by molar-refractivity contribution is 8.01. The van der Waals surface area contributed by atoms with Crippen molar-refractivity contribution >= 4 is 29.3 Å². The normalized spacial score (nSPS) is 13.9. The molecule has 2 N–H and O–H groups in total. The molecule has 0 radical (unpaired) electrons. The van der Waals surface area contributed by atoms with Gasteiger partial charge in [0.15, 0.2) is 0 Å². The summed E-state index contributed by atoms with van der Waals surface area (Å²) in [6, 6.07) is 9.13. The lowest BCUT2D eigenvalue weighted by Gasteiger charge is -2.19. The monoisotopic (exact) mass is 281 g/mol. The molecule has 0 aromatic heterocycles. The second kappa shape index (κ2) is 7.19.